The predicted molar refractivity (Wildman–Crippen MR) is 64.3 cm³/mol. The largest absolute Gasteiger partial charge is 0.476 e. The SMILES string of the molecule is Cn1cnc2cc(C3=NCCO3)ccc2c1=O. The molecule has 1 aliphatic heterocycles. The lowest BCUT2D eigenvalue weighted by Gasteiger charge is -2.04. The van der Waals surface area contributed by atoms with Crippen molar-refractivity contribution in [1.29, 1.82) is 0 Å². The molecule has 0 unspecified atom stereocenters. The first-order chi connectivity index (χ1) is 8.25. The molecule has 0 radical (unpaired) electrons. The van der Waals surface area contributed by atoms with Gasteiger partial charge in [-0.25, -0.2) is 9.98 Å². The summed E-state index contributed by atoms with van der Waals surface area (Å²) in [6.07, 6.45) is 1.52. The first-order valence-electron chi connectivity index (χ1n) is 5.39. The maximum atomic E-state index is 11.8. The predicted octanol–water partition coefficient (Wildman–Crippen LogP) is 0.710. The van der Waals surface area contributed by atoms with Crippen LogP contribution in [0.2, 0.25) is 0 Å². The second-order valence-corrected chi connectivity index (χ2v) is 3.93. The van der Waals surface area contributed by atoms with E-state index in [0.717, 1.165) is 5.56 Å². The molecule has 0 N–H and O–H groups in total. The third-order valence-electron chi connectivity index (χ3n) is 2.75. The summed E-state index contributed by atoms with van der Waals surface area (Å²) in [5, 5.41) is 0.609. The monoisotopic (exact) mass is 229 g/mol. The molecule has 1 aromatic carbocycles. The van der Waals surface area contributed by atoms with E-state index in [9.17, 15) is 4.79 Å². The van der Waals surface area contributed by atoms with Crippen LogP contribution in [0.15, 0.2) is 34.3 Å². The molecule has 17 heavy (non-hydrogen) atoms. The number of ether oxygens (including phenoxy) is 1. The van der Waals surface area contributed by atoms with E-state index in [1.165, 1.54) is 10.9 Å². The summed E-state index contributed by atoms with van der Waals surface area (Å²) in [5.41, 5.74) is 1.50. The Kier molecular flexibility index (Phi) is 2.18. The van der Waals surface area contributed by atoms with Gasteiger partial charge in [0.05, 0.1) is 23.8 Å². The standard InChI is InChI=1S/C12H11N3O2/c1-15-7-14-10-6-8(11-13-4-5-17-11)2-3-9(10)12(15)16/h2-3,6-7H,4-5H2,1H3. The topological polar surface area (TPSA) is 56.5 Å². The van der Waals surface area contributed by atoms with Crippen molar-refractivity contribution in [2.24, 2.45) is 12.0 Å². The average molecular weight is 229 g/mol. The van der Waals surface area contributed by atoms with Gasteiger partial charge in [-0.15, -0.1) is 0 Å². The minimum absolute atomic E-state index is 0.0455. The molecule has 5 heteroatoms. The molecule has 2 heterocycles. The highest BCUT2D eigenvalue weighted by atomic mass is 16.5. The van der Waals surface area contributed by atoms with Crippen LogP contribution in [0.1, 0.15) is 5.56 Å². The van der Waals surface area contributed by atoms with Gasteiger partial charge >= 0.3 is 0 Å². The van der Waals surface area contributed by atoms with Gasteiger partial charge in [-0.3, -0.25) is 4.79 Å². The third kappa shape index (κ3) is 1.60. The van der Waals surface area contributed by atoms with Gasteiger partial charge in [-0.05, 0) is 18.2 Å². The minimum atomic E-state index is -0.0455. The Hall–Kier alpha value is -2.17. The smallest absolute Gasteiger partial charge is 0.260 e. The van der Waals surface area contributed by atoms with Gasteiger partial charge in [-0.1, -0.05) is 0 Å². The van der Waals surface area contributed by atoms with Crippen LogP contribution in [0.5, 0.6) is 0 Å². The van der Waals surface area contributed by atoms with Crippen LogP contribution in [-0.2, 0) is 11.8 Å². The highest BCUT2D eigenvalue weighted by molar-refractivity contribution is 5.98. The summed E-state index contributed by atoms with van der Waals surface area (Å²) in [7, 11) is 1.69. The zero-order valence-corrected chi connectivity index (χ0v) is 9.38. The van der Waals surface area contributed by atoms with Crippen LogP contribution in [0.4, 0.5) is 0 Å². The molecule has 5 nitrogen and oxygen atoms in total. The summed E-state index contributed by atoms with van der Waals surface area (Å²) < 4.78 is 6.84. The molecular formula is C12H11N3O2. The highest BCUT2D eigenvalue weighted by Gasteiger charge is 2.11. The molecule has 0 atom stereocenters. The minimum Gasteiger partial charge on any atom is -0.476 e. The van der Waals surface area contributed by atoms with Crippen LogP contribution in [0.25, 0.3) is 10.9 Å². The fourth-order valence-electron chi connectivity index (χ4n) is 1.85. The second kappa shape index (κ2) is 3.69. The zero-order valence-electron chi connectivity index (χ0n) is 9.38. The van der Waals surface area contributed by atoms with E-state index in [4.69, 9.17) is 4.74 Å². The number of hydrogen-bond donors (Lipinski definition) is 0. The Bertz CT molecular complexity index is 673. The summed E-state index contributed by atoms with van der Waals surface area (Å²) in [5.74, 6) is 0.634. The van der Waals surface area contributed by atoms with Gasteiger partial charge < -0.3 is 9.30 Å². The van der Waals surface area contributed by atoms with Crippen molar-refractivity contribution in [2.75, 3.05) is 13.2 Å². The van der Waals surface area contributed by atoms with E-state index in [2.05, 4.69) is 9.98 Å². The number of aromatic nitrogens is 2. The van der Waals surface area contributed by atoms with Crippen molar-refractivity contribution < 1.29 is 4.74 Å². The molecule has 0 fully saturated rings. The molecule has 0 spiro atoms. The van der Waals surface area contributed by atoms with E-state index in [1.54, 1.807) is 13.1 Å². The molecule has 86 valence electrons. The van der Waals surface area contributed by atoms with Crippen molar-refractivity contribution in [3.63, 3.8) is 0 Å². The lowest BCUT2D eigenvalue weighted by Crippen LogP contribution is -2.17. The zero-order chi connectivity index (χ0) is 11.8. The van der Waals surface area contributed by atoms with Gasteiger partial charge in [0.15, 0.2) is 0 Å². The summed E-state index contributed by atoms with van der Waals surface area (Å²) in [6.45, 7) is 1.31. The molecule has 0 bridgehead atoms. The highest BCUT2D eigenvalue weighted by Crippen LogP contribution is 2.13. The number of benzene rings is 1. The number of rotatable bonds is 1. The Morgan fingerprint density at radius 2 is 2.29 bits per heavy atom. The van der Waals surface area contributed by atoms with E-state index < -0.39 is 0 Å². The van der Waals surface area contributed by atoms with Crippen molar-refractivity contribution >= 4 is 16.8 Å². The second-order valence-electron chi connectivity index (χ2n) is 3.93. The number of nitrogens with zero attached hydrogens (tertiary/aromatic N) is 3. The van der Waals surface area contributed by atoms with Crippen LogP contribution in [0, 0.1) is 0 Å². The van der Waals surface area contributed by atoms with E-state index in [1.807, 2.05) is 12.1 Å². The third-order valence-corrected chi connectivity index (χ3v) is 2.75. The van der Waals surface area contributed by atoms with E-state index in [-0.39, 0.29) is 5.56 Å². The molecule has 0 saturated carbocycles. The van der Waals surface area contributed by atoms with Gasteiger partial charge in [-0.2, -0.15) is 0 Å². The summed E-state index contributed by atoms with van der Waals surface area (Å²) >= 11 is 0. The maximum Gasteiger partial charge on any atom is 0.260 e. The maximum absolute atomic E-state index is 11.8. The Labute approximate surface area is 97.4 Å². The first kappa shape index (κ1) is 10.0. The van der Waals surface area contributed by atoms with E-state index in [0.29, 0.717) is 30.0 Å². The van der Waals surface area contributed by atoms with Crippen molar-refractivity contribution in [1.82, 2.24) is 9.55 Å². The van der Waals surface area contributed by atoms with Crippen molar-refractivity contribution in [3.05, 3.63) is 40.4 Å². The molecule has 3 rings (SSSR count). The fourth-order valence-corrected chi connectivity index (χ4v) is 1.85. The van der Waals surface area contributed by atoms with Crippen LogP contribution >= 0.6 is 0 Å². The normalized spacial score (nSPS) is 14.8. The Morgan fingerprint density at radius 3 is 3.06 bits per heavy atom. The fraction of sp³-hybridized carbons (Fsp3) is 0.250. The lowest BCUT2D eigenvalue weighted by molar-refractivity contribution is 0.348. The average Bonchev–Trinajstić information content (AvgIpc) is 2.87. The summed E-state index contributed by atoms with van der Waals surface area (Å²) in [6, 6.07) is 5.45. The number of aliphatic imine (C=N–C) groups is 1. The molecular weight excluding hydrogens is 218 g/mol. The van der Waals surface area contributed by atoms with Gasteiger partial charge in [0.1, 0.15) is 6.61 Å². The number of hydrogen-bond acceptors (Lipinski definition) is 4. The molecule has 0 saturated heterocycles. The number of fused-ring (bicyclic) bond motifs is 1. The van der Waals surface area contributed by atoms with Crippen LogP contribution in [0.3, 0.4) is 0 Å². The molecule has 2 aromatic rings. The Morgan fingerprint density at radius 1 is 1.41 bits per heavy atom. The van der Waals surface area contributed by atoms with Gasteiger partial charge in [0, 0.05) is 12.6 Å². The molecule has 0 amide bonds. The van der Waals surface area contributed by atoms with Gasteiger partial charge in [0.25, 0.3) is 5.56 Å². The van der Waals surface area contributed by atoms with Crippen molar-refractivity contribution in [2.45, 2.75) is 0 Å². The quantitative estimate of drug-likeness (QED) is 0.723. The van der Waals surface area contributed by atoms with Crippen molar-refractivity contribution in [3.8, 4) is 0 Å². The summed E-state index contributed by atoms with van der Waals surface area (Å²) in [4.78, 5) is 20.3. The Balaban J connectivity index is 2.20. The van der Waals surface area contributed by atoms with Crippen LogP contribution in [-0.4, -0.2) is 28.6 Å². The lowest BCUT2D eigenvalue weighted by atomic mass is 10.1. The molecule has 1 aromatic heterocycles. The van der Waals surface area contributed by atoms with Crippen LogP contribution < -0.4 is 5.56 Å². The van der Waals surface area contributed by atoms with E-state index >= 15 is 0 Å². The first-order valence-corrected chi connectivity index (χ1v) is 5.39. The molecule has 1 aliphatic rings. The number of aryl methyl sites for hydroxylation is 1. The van der Waals surface area contributed by atoms with Gasteiger partial charge in [0.2, 0.25) is 5.90 Å². The molecule has 0 aliphatic carbocycles.